The zero-order valence-corrected chi connectivity index (χ0v) is 10.9. The lowest BCUT2D eigenvalue weighted by Crippen LogP contribution is -2.04. The molecule has 2 aromatic rings. The Bertz CT molecular complexity index is 687. The summed E-state index contributed by atoms with van der Waals surface area (Å²) >= 11 is 0. The summed E-state index contributed by atoms with van der Waals surface area (Å²) in [6, 6.07) is 9.66. The molecule has 0 aliphatic rings. The van der Waals surface area contributed by atoms with E-state index in [1.807, 2.05) is 6.92 Å². The van der Waals surface area contributed by atoms with Crippen LogP contribution in [-0.2, 0) is 11.0 Å². The van der Waals surface area contributed by atoms with Gasteiger partial charge in [0.25, 0.3) is 0 Å². The van der Waals surface area contributed by atoms with Gasteiger partial charge in [-0.05, 0) is 37.3 Å². The van der Waals surface area contributed by atoms with E-state index in [0.717, 1.165) is 23.8 Å². The number of aryl methyl sites for hydroxylation is 1. The van der Waals surface area contributed by atoms with Crippen molar-refractivity contribution in [3.05, 3.63) is 53.6 Å². The standard InChI is InChI=1S/C15H10F3NO2/c1-10-2-5-12(6-3-10)21-14-7-4-11(15(16,17)18)8-13(14)19-9-20/h2-8H,1H3. The molecule has 0 bridgehead atoms. The molecular formula is C15H10F3NO2. The third-order valence-corrected chi connectivity index (χ3v) is 2.70. The summed E-state index contributed by atoms with van der Waals surface area (Å²) in [5, 5.41) is 0. The number of halogens is 3. The fourth-order valence-corrected chi connectivity index (χ4v) is 1.65. The van der Waals surface area contributed by atoms with E-state index < -0.39 is 11.7 Å². The Morgan fingerprint density at radius 1 is 1.10 bits per heavy atom. The van der Waals surface area contributed by atoms with E-state index in [1.165, 1.54) is 6.08 Å². The molecule has 3 nitrogen and oxygen atoms in total. The minimum Gasteiger partial charge on any atom is -0.455 e. The molecule has 108 valence electrons. The number of hydrogen-bond acceptors (Lipinski definition) is 3. The van der Waals surface area contributed by atoms with Gasteiger partial charge < -0.3 is 4.74 Å². The Kier molecular flexibility index (Phi) is 4.10. The van der Waals surface area contributed by atoms with Crippen molar-refractivity contribution in [3.8, 4) is 11.5 Å². The van der Waals surface area contributed by atoms with Crippen molar-refractivity contribution >= 4 is 11.8 Å². The van der Waals surface area contributed by atoms with Crippen LogP contribution in [0.15, 0.2) is 47.5 Å². The molecule has 0 aliphatic heterocycles. The van der Waals surface area contributed by atoms with Gasteiger partial charge in [-0.1, -0.05) is 17.7 Å². The normalized spacial score (nSPS) is 10.9. The summed E-state index contributed by atoms with van der Waals surface area (Å²) < 4.78 is 43.3. The Morgan fingerprint density at radius 2 is 1.76 bits per heavy atom. The van der Waals surface area contributed by atoms with Crippen LogP contribution in [0.4, 0.5) is 18.9 Å². The average Bonchev–Trinajstić information content (AvgIpc) is 2.42. The van der Waals surface area contributed by atoms with Crippen LogP contribution in [0.3, 0.4) is 0 Å². The molecule has 0 saturated heterocycles. The summed E-state index contributed by atoms with van der Waals surface area (Å²) in [5.41, 5.74) is -0.117. The molecule has 0 unspecified atom stereocenters. The molecule has 21 heavy (non-hydrogen) atoms. The zero-order chi connectivity index (χ0) is 15.5. The molecule has 0 atom stereocenters. The van der Waals surface area contributed by atoms with E-state index in [0.29, 0.717) is 5.75 Å². The third-order valence-electron chi connectivity index (χ3n) is 2.70. The Balaban J connectivity index is 2.39. The third kappa shape index (κ3) is 3.70. The fourth-order valence-electron chi connectivity index (χ4n) is 1.65. The lowest BCUT2D eigenvalue weighted by Gasteiger charge is -2.11. The van der Waals surface area contributed by atoms with Gasteiger partial charge in [0.2, 0.25) is 6.08 Å². The number of benzene rings is 2. The summed E-state index contributed by atoms with van der Waals surface area (Å²) in [4.78, 5) is 13.6. The van der Waals surface area contributed by atoms with E-state index in [4.69, 9.17) is 4.74 Å². The van der Waals surface area contributed by atoms with Gasteiger partial charge in [0.15, 0.2) is 5.75 Å². The quantitative estimate of drug-likeness (QED) is 0.603. The predicted octanol–water partition coefficient (Wildman–Crippen LogP) is 4.77. The number of alkyl halides is 3. The van der Waals surface area contributed by atoms with Crippen LogP contribution < -0.4 is 4.74 Å². The molecule has 0 radical (unpaired) electrons. The molecule has 0 N–H and O–H groups in total. The second-order valence-electron chi connectivity index (χ2n) is 4.30. The molecule has 0 saturated carbocycles. The number of aliphatic imine (C=N–C) groups is 1. The lowest BCUT2D eigenvalue weighted by atomic mass is 10.2. The highest BCUT2D eigenvalue weighted by molar-refractivity contribution is 5.60. The lowest BCUT2D eigenvalue weighted by molar-refractivity contribution is -0.137. The molecule has 0 amide bonds. The van der Waals surface area contributed by atoms with Crippen LogP contribution in [0.25, 0.3) is 0 Å². The van der Waals surface area contributed by atoms with Gasteiger partial charge in [-0.25, -0.2) is 4.79 Å². The molecule has 0 spiro atoms. The van der Waals surface area contributed by atoms with E-state index in [9.17, 15) is 18.0 Å². The number of nitrogens with zero attached hydrogens (tertiary/aromatic N) is 1. The van der Waals surface area contributed by atoms with Crippen molar-refractivity contribution < 1.29 is 22.7 Å². The van der Waals surface area contributed by atoms with Crippen molar-refractivity contribution in [1.82, 2.24) is 0 Å². The van der Waals surface area contributed by atoms with Gasteiger partial charge in [-0.3, -0.25) is 0 Å². The smallest absolute Gasteiger partial charge is 0.416 e. The molecule has 0 aromatic heterocycles. The Morgan fingerprint density at radius 3 is 2.33 bits per heavy atom. The minimum absolute atomic E-state index is 0.0511. The number of hydrogen-bond donors (Lipinski definition) is 0. The molecule has 0 fully saturated rings. The van der Waals surface area contributed by atoms with Crippen LogP contribution in [0.2, 0.25) is 0 Å². The van der Waals surface area contributed by atoms with Gasteiger partial charge in [-0.2, -0.15) is 18.2 Å². The SMILES string of the molecule is Cc1ccc(Oc2ccc(C(F)(F)F)cc2N=C=O)cc1. The van der Waals surface area contributed by atoms with Crippen LogP contribution in [0.5, 0.6) is 11.5 Å². The maximum atomic E-state index is 12.6. The topological polar surface area (TPSA) is 38.7 Å². The second kappa shape index (κ2) is 5.81. The second-order valence-corrected chi connectivity index (χ2v) is 4.30. The first kappa shape index (κ1) is 14.8. The van der Waals surface area contributed by atoms with Crippen LogP contribution in [0.1, 0.15) is 11.1 Å². The number of ether oxygens (including phenoxy) is 1. The maximum Gasteiger partial charge on any atom is 0.416 e. The maximum absolute atomic E-state index is 12.6. The molecule has 0 aliphatic carbocycles. The van der Waals surface area contributed by atoms with Crippen molar-refractivity contribution in [2.75, 3.05) is 0 Å². The first-order valence-electron chi connectivity index (χ1n) is 5.94. The fraction of sp³-hybridized carbons (Fsp3) is 0.133. The van der Waals surface area contributed by atoms with Gasteiger partial charge in [0, 0.05) is 0 Å². The number of isocyanates is 1. The largest absolute Gasteiger partial charge is 0.455 e. The molecule has 2 aromatic carbocycles. The number of carbonyl (C=O) groups excluding carboxylic acids is 1. The van der Waals surface area contributed by atoms with Crippen molar-refractivity contribution in [2.24, 2.45) is 4.99 Å². The minimum atomic E-state index is -4.52. The van der Waals surface area contributed by atoms with Crippen molar-refractivity contribution in [2.45, 2.75) is 13.1 Å². The van der Waals surface area contributed by atoms with E-state index in [1.54, 1.807) is 24.3 Å². The molecule has 0 heterocycles. The van der Waals surface area contributed by atoms with Crippen LogP contribution >= 0.6 is 0 Å². The Labute approximate surface area is 118 Å². The number of rotatable bonds is 3. The summed E-state index contributed by atoms with van der Waals surface area (Å²) in [6.07, 6.45) is -3.29. The first-order chi connectivity index (χ1) is 9.90. The Hall–Kier alpha value is -2.59. The van der Waals surface area contributed by atoms with Crippen molar-refractivity contribution in [1.29, 1.82) is 0 Å². The van der Waals surface area contributed by atoms with Crippen LogP contribution in [-0.4, -0.2) is 6.08 Å². The highest BCUT2D eigenvalue weighted by Crippen LogP contribution is 2.38. The first-order valence-corrected chi connectivity index (χ1v) is 5.94. The van der Waals surface area contributed by atoms with Gasteiger partial charge in [0.05, 0.1) is 5.56 Å². The van der Waals surface area contributed by atoms with E-state index >= 15 is 0 Å². The van der Waals surface area contributed by atoms with Gasteiger partial charge in [0.1, 0.15) is 11.4 Å². The molecule has 6 heteroatoms. The zero-order valence-electron chi connectivity index (χ0n) is 10.9. The van der Waals surface area contributed by atoms with Gasteiger partial charge in [-0.15, -0.1) is 0 Å². The predicted molar refractivity (Wildman–Crippen MR) is 70.5 cm³/mol. The molecule has 2 rings (SSSR count). The van der Waals surface area contributed by atoms with E-state index in [-0.39, 0.29) is 11.4 Å². The van der Waals surface area contributed by atoms with Crippen LogP contribution in [0, 0.1) is 6.92 Å². The molecular weight excluding hydrogens is 283 g/mol. The summed E-state index contributed by atoms with van der Waals surface area (Å²) in [7, 11) is 0. The average molecular weight is 293 g/mol. The monoisotopic (exact) mass is 293 g/mol. The van der Waals surface area contributed by atoms with E-state index in [2.05, 4.69) is 4.99 Å². The highest BCUT2D eigenvalue weighted by atomic mass is 19.4. The summed E-state index contributed by atoms with van der Waals surface area (Å²) in [5.74, 6) is 0.484. The van der Waals surface area contributed by atoms with Gasteiger partial charge >= 0.3 is 6.18 Å². The summed E-state index contributed by atoms with van der Waals surface area (Å²) in [6.45, 7) is 1.89. The highest BCUT2D eigenvalue weighted by Gasteiger charge is 2.31. The van der Waals surface area contributed by atoms with Crippen molar-refractivity contribution in [3.63, 3.8) is 0 Å².